The third-order valence-electron chi connectivity index (χ3n) is 5.27. The zero-order valence-electron chi connectivity index (χ0n) is 14.6. The van der Waals surface area contributed by atoms with Crippen molar-refractivity contribution in [2.24, 2.45) is 5.92 Å². The number of nitrogens with one attached hydrogen (secondary N) is 1. The maximum absolute atomic E-state index is 12.4. The van der Waals surface area contributed by atoms with Gasteiger partial charge in [-0.15, -0.1) is 0 Å². The average Bonchev–Trinajstić information content (AvgIpc) is 3.07. The number of nitrogens with zero attached hydrogens (tertiary/aromatic N) is 2. The van der Waals surface area contributed by atoms with Gasteiger partial charge in [-0.1, -0.05) is 30.3 Å². The van der Waals surface area contributed by atoms with Crippen LogP contribution in [0.3, 0.4) is 0 Å². The summed E-state index contributed by atoms with van der Waals surface area (Å²) in [6.07, 6.45) is 3.66. The number of urea groups is 1. The molecule has 136 valence electrons. The summed E-state index contributed by atoms with van der Waals surface area (Å²) in [5.41, 5.74) is 1.29. The molecule has 1 aromatic carbocycles. The zero-order valence-corrected chi connectivity index (χ0v) is 14.6. The first kappa shape index (κ1) is 17.7. The minimum atomic E-state index is -0.803. The van der Waals surface area contributed by atoms with Crippen molar-refractivity contribution in [3.8, 4) is 0 Å². The molecule has 0 aliphatic carbocycles. The van der Waals surface area contributed by atoms with Crippen LogP contribution in [0.4, 0.5) is 4.79 Å². The fourth-order valence-electron chi connectivity index (χ4n) is 3.83. The Kier molecular flexibility index (Phi) is 5.91. The van der Waals surface area contributed by atoms with Gasteiger partial charge in [0.15, 0.2) is 0 Å². The van der Waals surface area contributed by atoms with Crippen LogP contribution < -0.4 is 5.32 Å². The van der Waals surface area contributed by atoms with Crippen molar-refractivity contribution in [1.82, 2.24) is 15.1 Å². The zero-order chi connectivity index (χ0) is 17.6. The molecule has 3 rings (SSSR count). The highest BCUT2D eigenvalue weighted by molar-refractivity contribution is 5.76. The molecule has 2 saturated heterocycles. The van der Waals surface area contributed by atoms with Crippen molar-refractivity contribution in [3.05, 3.63) is 35.9 Å². The van der Waals surface area contributed by atoms with Crippen molar-refractivity contribution in [2.45, 2.75) is 38.3 Å². The van der Waals surface area contributed by atoms with Gasteiger partial charge in [-0.2, -0.15) is 0 Å². The highest BCUT2D eigenvalue weighted by atomic mass is 16.4. The van der Waals surface area contributed by atoms with E-state index in [1.165, 1.54) is 5.56 Å². The van der Waals surface area contributed by atoms with Gasteiger partial charge in [0.1, 0.15) is 0 Å². The van der Waals surface area contributed by atoms with Gasteiger partial charge < -0.3 is 15.3 Å². The number of piperidine rings is 1. The van der Waals surface area contributed by atoms with Crippen LogP contribution in [0, 0.1) is 5.92 Å². The summed E-state index contributed by atoms with van der Waals surface area (Å²) in [5.74, 6) is -1.23. The number of hydrogen-bond donors (Lipinski definition) is 2. The molecule has 2 atom stereocenters. The van der Waals surface area contributed by atoms with Crippen LogP contribution in [0.5, 0.6) is 0 Å². The third kappa shape index (κ3) is 4.72. The number of carboxylic acids is 1. The number of carboxylic acid groups (broad SMARTS) is 1. The van der Waals surface area contributed by atoms with Crippen LogP contribution in [0.2, 0.25) is 0 Å². The molecule has 6 nitrogen and oxygen atoms in total. The lowest BCUT2D eigenvalue weighted by Crippen LogP contribution is -2.49. The van der Waals surface area contributed by atoms with Gasteiger partial charge in [-0.25, -0.2) is 4.79 Å². The summed E-state index contributed by atoms with van der Waals surface area (Å²) in [6, 6.07) is 10.6. The van der Waals surface area contributed by atoms with Crippen molar-refractivity contribution in [3.63, 3.8) is 0 Å². The van der Waals surface area contributed by atoms with Crippen LogP contribution in [0.15, 0.2) is 30.3 Å². The second kappa shape index (κ2) is 8.34. The fraction of sp³-hybridized carbons (Fsp3) is 0.579. The maximum atomic E-state index is 12.4. The number of aliphatic carboxylic acids is 1. The van der Waals surface area contributed by atoms with Crippen molar-refractivity contribution >= 4 is 12.0 Å². The van der Waals surface area contributed by atoms with Crippen LogP contribution in [0.25, 0.3) is 0 Å². The van der Waals surface area contributed by atoms with Gasteiger partial charge in [-0.3, -0.25) is 9.69 Å². The van der Waals surface area contributed by atoms with E-state index in [0.29, 0.717) is 32.1 Å². The number of rotatable bonds is 5. The van der Waals surface area contributed by atoms with E-state index in [0.717, 1.165) is 32.4 Å². The van der Waals surface area contributed by atoms with E-state index in [-0.39, 0.29) is 6.03 Å². The fourth-order valence-corrected chi connectivity index (χ4v) is 3.83. The summed E-state index contributed by atoms with van der Waals surface area (Å²) >= 11 is 0. The quantitative estimate of drug-likeness (QED) is 0.858. The Morgan fingerprint density at radius 2 is 1.88 bits per heavy atom. The summed E-state index contributed by atoms with van der Waals surface area (Å²) in [6.45, 7) is 3.56. The van der Waals surface area contributed by atoms with E-state index in [1.807, 2.05) is 6.07 Å². The lowest BCUT2D eigenvalue weighted by molar-refractivity contribution is -0.143. The molecule has 0 bridgehead atoms. The molecule has 1 aromatic rings. The number of carbonyl (C=O) groups is 2. The molecule has 2 heterocycles. The largest absolute Gasteiger partial charge is 0.481 e. The number of hydrogen-bond acceptors (Lipinski definition) is 3. The van der Waals surface area contributed by atoms with Crippen LogP contribution in [-0.4, -0.2) is 59.1 Å². The molecule has 2 amide bonds. The van der Waals surface area contributed by atoms with Gasteiger partial charge in [-0.05, 0) is 37.8 Å². The molecule has 2 fully saturated rings. The number of benzene rings is 1. The number of amides is 2. The standard InChI is InChI=1S/C19H27N3O3/c23-18(24)16-8-4-11-22(14-16)19(25)20-12-17-9-5-10-21(17)13-15-6-2-1-3-7-15/h1-3,6-7,16-17H,4-5,8-14H2,(H,20,25)(H,23,24). The summed E-state index contributed by atoms with van der Waals surface area (Å²) in [4.78, 5) is 27.6. The molecule has 2 aliphatic heterocycles. The molecule has 25 heavy (non-hydrogen) atoms. The van der Waals surface area contributed by atoms with Gasteiger partial charge >= 0.3 is 12.0 Å². The minimum Gasteiger partial charge on any atom is -0.481 e. The predicted molar refractivity (Wildman–Crippen MR) is 95.2 cm³/mol. The topological polar surface area (TPSA) is 72.9 Å². The number of likely N-dealkylation sites (tertiary alicyclic amines) is 2. The second-order valence-corrected chi connectivity index (χ2v) is 7.06. The summed E-state index contributed by atoms with van der Waals surface area (Å²) in [7, 11) is 0. The van der Waals surface area contributed by atoms with E-state index in [2.05, 4.69) is 34.5 Å². The van der Waals surface area contributed by atoms with Crippen LogP contribution in [-0.2, 0) is 11.3 Å². The lowest BCUT2D eigenvalue weighted by Gasteiger charge is -2.32. The highest BCUT2D eigenvalue weighted by Crippen LogP contribution is 2.20. The molecule has 2 aliphatic rings. The Hall–Kier alpha value is -2.08. The minimum absolute atomic E-state index is 0.127. The Morgan fingerprint density at radius 1 is 1.12 bits per heavy atom. The van der Waals surface area contributed by atoms with Crippen LogP contribution in [0.1, 0.15) is 31.2 Å². The molecular weight excluding hydrogens is 318 g/mol. The van der Waals surface area contributed by atoms with Crippen molar-refractivity contribution < 1.29 is 14.7 Å². The Labute approximate surface area is 148 Å². The molecular formula is C19H27N3O3. The summed E-state index contributed by atoms with van der Waals surface area (Å²) < 4.78 is 0. The smallest absolute Gasteiger partial charge is 0.317 e. The Bertz CT molecular complexity index is 593. The lowest BCUT2D eigenvalue weighted by atomic mass is 9.99. The predicted octanol–water partition coefficient (Wildman–Crippen LogP) is 2.16. The molecule has 0 spiro atoms. The van der Waals surface area contributed by atoms with Gasteiger partial charge in [0.25, 0.3) is 0 Å². The highest BCUT2D eigenvalue weighted by Gasteiger charge is 2.29. The molecule has 0 radical (unpaired) electrons. The monoisotopic (exact) mass is 345 g/mol. The Balaban J connectivity index is 1.48. The second-order valence-electron chi connectivity index (χ2n) is 7.06. The van der Waals surface area contributed by atoms with Gasteiger partial charge in [0.2, 0.25) is 0 Å². The van der Waals surface area contributed by atoms with E-state index in [9.17, 15) is 9.59 Å². The molecule has 0 saturated carbocycles. The Morgan fingerprint density at radius 3 is 2.64 bits per heavy atom. The molecule has 2 N–H and O–H groups in total. The summed E-state index contributed by atoms with van der Waals surface area (Å²) in [5, 5.41) is 12.2. The van der Waals surface area contributed by atoms with E-state index >= 15 is 0 Å². The molecule has 6 heteroatoms. The average molecular weight is 345 g/mol. The van der Waals surface area contributed by atoms with Gasteiger partial charge in [0.05, 0.1) is 5.92 Å². The first-order valence-electron chi connectivity index (χ1n) is 9.17. The van der Waals surface area contributed by atoms with Gasteiger partial charge in [0, 0.05) is 32.2 Å². The maximum Gasteiger partial charge on any atom is 0.317 e. The van der Waals surface area contributed by atoms with Crippen molar-refractivity contribution in [2.75, 3.05) is 26.2 Å². The third-order valence-corrected chi connectivity index (χ3v) is 5.27. The SMILES string of the molecule is O=C(O)C1CCCN(C(=O)NCC2CCCN2Cc2ccccc2)C1. The van der Waals surface area contributed by atoms with E-state index in [4.69, 9.17) is 5.11 Å². The normalized spacial score (nSPS) is 24.2. The van der Waals surface area contributed by atoms with Crippen LogP contribution >= 0.6 is 0 Å². The first-order chi connectivity index (χ1) is 12.1. The first-order valence-corrected chi connectivity index (χ1v) is 9.17. The van der Waals surface area contributed by atoms with E-state index in [1.54, 1.807) is 4.90 Å². The van der Waals surface area contributed by atoms with E-state index < -0.39 is 11.9 Å². The van der Waals surface area contributed by atoms with Crippen molar-refractivity contribution in [1.29, 1.82) is 0 Å². The number of carbonyl (C=O) groups excluding carboxylic acids is 1. The molecule has 2 unspecified atom stereocenters. The molecule has 0 aromatic heterocycles.